The molecule has 19 heavy (non-hydrogen) atoms. The summed E-state index contributed by atoms with van der Waals surface area (Å²) in [7, 11) is -3.59. The fourth-order valence-corrected chi connectivity index (χ4v) is 3.48. The highest BCUT2D eigenvalue weighted by atomic mass is 32.2. The van der Waals surface area contributed by atoms with Gasteiger partial charge in [-0.3, -0.25) is 0 Å². The number of benzene rings is 1. The molecule has 0 bridgehead atoms. The molecular formula is C13H20N2O3S. The number of nitrogens with one attached hydrogen (secondary N) is 1. The summed E-state index contributed by atoms with van der Waals surface area (Å²) < 4.78 is 32.6. The molecule has 6 heteroatoms. The lowest BCUT2D eigenvalue weighted by Gasteiger charge is -2.23. The summed E-state index contributed by atoms with van der Waals surface area (Å²) in [4.78, 5) is 0.125. The van der Waals surface area contributed by atoms with Crippen LogP contribution in [0, 0.1) is 6.92 Å². The first kappa shape index (κ1) is 14.3. The molecule has 1 aliphatic heterocycles. The van der Waals surface area contributed by atoms with Crippen molar-refractivity contribution < 1.29 is 13.2 Å². The van der Waals surface area contributed by atoms with E-state index < -0.39 is 15.6 Å². The van der Waals surface area contributed by atoms with Crippen LogP contribution >= 0.6 is 0 Å². The minimum Gasteiger partial charge on any atom is -0.398 e. The minimum atomic E-state index is -3.59. The number of nitrogens with two attached hydrogens (primary N) is 1. The van der Waals surface area contributed by atoms with Crippen LogP contribution in [0.1, 0.15) is 25.3 Å². The lowest BCUT2D eigenvalue weighted by atomic mass is 10.0. The minimum absolute atomic E-state index is 0.125. The largest absolute Gasteiger partial charge is 0.398 e. The third-order valence-corrected chi connectivity index (χ3v) is 4.87. The Kier molecular flexibility index (Phi) is 3.85. The molecule has 0 aliphatic carbocycles. The Labute approximate surface area is 114 Å². The van der Waals surface area contributed by atoms with Crippen LogP contribution in [0.5, 0.6) is 0 Å². The molecule has 0 aromatic heterocycles. The molecule has 1 aromatic rings. The Morgan fingerprint density at radius 3 is 2.79 bits per heavy atom. The molecule has 106 valence electrons. The van der Waals surface area contributed by atoms with Crippen molar-refractivity contribution in [1.29, 1.82) is 0 Å². The second-order valence-corrected chi connectivity index (χ2v) is 7.00. The molecule has 1 aromatic carbocycles. The van der Waals surface area contributed by atoms with Crippen molar-refractivity contribution in [3.8, 4) is 0 Å². The van der Waals surface area contributed by atoms with E-state index in [2.05, 4.69) is 4.72 Å². The number of anilines is 1. The molecule has 0 saturated carbocycles. The zero-order chi connectivity index (χ0) is 14.1. The van der Waals surface area contributed by atoms with Crippen molar-refractivity contribution in [2.75, 3.05) is 18.9 Å². The van der Waals surface area contributed by atoms with Crippen LogP contribution in [0.4, 0.5) is 5.69 Å². The predicted octanol–water partition coefficient (Wildman–Crippen LogP) is 1.42. The Bertz CT molecular complexity index is 563. The lowest BCUT2D eigenvalue weighted by Crippen LogP contribution is -2.40. The van der Waals surface area contributed by atoms with Crippen LogP contribution in [-0.4, -0.2) is 27.2 Å². The molecule has 2 rings (SSSR count). The van der Waals surface area contributed by atoms with Gasteiger partial charge in [-0.25, -0.2) is 13.1 Å². The molecule has 5 nitrogen and oxygen atoms in total. The van der Waals surface area contributed by atoms with Gasteiger partial charge < -0.3 is 10.5 Å². The van der Waals surface area contributed by atoms with Crippen molar-refractivity contribution in [3.63, 3.8) is 0 Å². The van der Waals surface area contributed by atoms with Crippen LogP contribution in [0.3, 0.4) is 0 Å². The van der Waals surface area contributed by atoms with Crippen LogP contribution in [0.2, 0.25) is 0 Å². The number of sulfonamides is 1. The van der Waals surface area contributed by atoms with E-state index in [1.807, 2.05) is 13.8 Å². The maximum Gasteiger partial charge on any atom is 0.242 e. The summed E-state index contributed by atoms with van der Waals surface area (Å²) in [5.41, 5.74) is 6.57. The van der Waals surface area contributed by atoms with Crippen molar-refractivity contribution in [1.82, 2.24) is 4.72 Å². The van der Waals surface area contributed by atoms with Crippen molar-refractivity contribution >= 4 is 15.7 Å². The SMILES string of the molecule is Cc1ccc(S(=O)(=O)NCC2(C)CCCO2)c(N)c1. The molecule has 1 aliphatic rings. The summed E-state index contributed by atoms with van der Waals surface area (Å²) in [6.07, 6.45) is 1.82. The van der Waals surface area contributed by atoms with E-state index in [9.17, 15) is 8.42 Å². The highest BCUT2D eigenvalue weighted by molar-refractivity contribution is 7.89. The fourth-order valence-electron chi connectivity index (χ4n) is 2.21. The van der Waals surface area contributed by atoms with Gasteiger partial charge >= 0.3 is 0 Å². The van der Waals surface area contributed by atoms with Crippen LogP contribution in [-0.2, 0) is 14.8 Å². The molecule has 3 N–H and O–H groups in total. The first-order valence-electron chi connectivity index (χ1n) is 6.32. The average molecular weight is 284 g/mol. The summed E-state index contributed by atoms with van der Waals surface area (Å²) >= 11 is 0. The van der Waals surface area contributed by atoms with Crippen LogP contribution in [0.15, 0.2) is 23.1 Å². The number of ether oxygens (including phenoxy) is 1. The molecule has 0 radical (unpaired) electrons. The molecule has 1 unspecified atom stereocenters. The van der Waals surface area contributed by atoms with E-state index >= 15 is 0 Å². The highest BCUT2D eigenvalue weighted by Gasteiger charge is 2.31. The summed E-state index contributed by atoms with van der Waals surface area (Å²) in [5.74, 6) is 0. The monoisotopic (exact) mass is 284 g/mol. The van der Waals surface area contributed by atoms with Crippen molar-refractivity contribution in [2.24, 2.45) is 0 Å². The summed E-state index contributed by atoms with van der Waals surface area (Å²) in [6.45, 7) is 4.74. The molecule has 0 amide bonds. The number of hydrogen-bond donors (Lipinski definition) is 2. The van der Waals surface area contributed by atoms with Gasteiger partial charge in [0.05, 0.1) is 11.3 Å². The summed E-state index contributed by atoms with van der Waals surface area (Å²) in [5, 5.41) is 0. The molecular weight excluding hydrogens is 264 g/mol. The molecule has 0 spiro atoms. The lowest BCUT2D eigenvalue weighted by molar-refractivity contribution is 0.0250. The van der Waals surface area contributed by atoms with Gasteiger partial charge in [0.1, 0.15) is 4.90 Å². The Morgan fingerprint density at radius 2 is 2.21 bits per heavy atom. The number of rotatable bonds is 4. The molecule has 1 fully saturated rings. The van der Waals surface area contributed by atoms with Gasteiger partial charge in [-0.1, -0.05) is 6.07 Å². The van der Waals surface area contributed by atoms with E-state index in [0.717, 1.165) is 18.4 Å². The highest BCUT2D eigenvalue weighted by Crippen LogP contribution is 2.25. The maximum atomic E-state index is 12.2. The second-order valence-electron chi connectivity index (χ2n) is 5.27. The van der Waals surface area contributed by atoms with Crippen molar-refractivity contribution in [2.45, 2.75) is 37.2 Å². The number of hydrogen-bond acceptors (Lipinski definition) is 4. The van der Waals surface area contributed by atoms with Gasteiger partial charge in [0.25, 0.3) is 0 Å². The van der Waals surface area contributed by atoms with E-state index in [1.165, 1.54) is 6.07 Å². The van der Waals surface area contributed by atoms with Gasteiger partial charge in [-0.05, 0) is 44.4 Å². The number of aryl methyl sites for hydroxylation is 1. The third kappa shape index (κ3) is 3.26. The van der Waals surface area contributed by atoms with Gasteiger partial charge in [-0.15, -0.1) is 0 Å². The zero-order valence-corrected chi connectivity index (χ0v) is 12.1. The zero-order valence-electron chi connectivity index (χ0n) is 11.3. The Morgan fingerprint density at radius 1 is 1.47 bits per heavy atom. The molecule has 1 heterocycles. The van der Waals surface area contributed by atoms with Gasteiger partial charge in [0, 0.05) is 13.2 Å². The fraction of sp³-hybridized carbons (Fsp3) is 0.538. The van der Waals surface area contributed by atoms with Gasteiger partial charge in [0.2, 0.25) is 10.0 Å². The average Bonchev–Trinajstić information content (AvgIpc) is 2.74. The van der Waals surface area contributed by atoms with Crippen molar-refractivity contribution in [3.05, 3.63) is 23.8 Å². The standard InChI is InChI=1S/C13H20N2O3S/c1-10-4-5-12(11(14)8-10)19(16,17)15-9-13(2)6-3-7-18-13/h4-5,8,15H,3,6-7,9,14H2,1-2H3. The normalized spacial score (nSPS) is 23.7. The van der Waals surface area contributed by atoms with Gasteiger partial charge in [-0.2, -0.15) is 0 Å². The Hall–Kier alpha value is -1.11. The predicted molar refractivity (Wildman–Crippen MR) is 74.4 cm³/mol. The smallest absolute Gasteiger partial charge is 0.242 e. The van der Waals surface area contributed by atoms with E-state index in [-0.39, 0.29) is 17.1 Å². The third-order valence-electron chi connectivity index (χ3n) is 3.39. The first-order valence-corrected chi connectivity index (χ1v) is 7.80. The Balaban J connectivity index is 2.14. The molecule has 1 atom stereocenters. The van der Waals surface area contributed by atoms with Crippen LogP contribution < -0.4 is 10.5 Å². The number of nitrogen functional groups attached to an aromatic ring is 1. The topological polar surface area (TPSA) is 81.4 Å². The van der Waals surface area contributed by atoms with E-state index in [1.54, 1.807) is 12.1 Å². The summed E-state index contributed by atoms with van der Waals surface area (Å²) in [6, 6.07) is 4.92. The van der Waals surface area contributed by atoms with Gasteiger partial charge in [0.15, 0.2) is 0 Å². The van der Waals surface area contributed by atoms with Crippen LogP contribution in [0.25, 0.3) is 0 Å². The maximum absolute atomic E-state index is 12.2. The van der Waals surface area contributed by atoms with E-state index in [4.69, 9.17) is 10.5 Å². The second kappa shape index (κ2) is 5.11. The quantitative estimate of drug-likeness (QED) is 0.819. The van der Waals surface area contributed by atoms with E-state index in [0.29, 0.717) is 6.61 Å². The molecule has 1 saturated heterocycles. The first-order chi connectivity index (χ1) is 8.82.